The number of alkyl halides is 3. The Kier molecular flexibility index (Phi) is 5.56. The van der Waals surface area contributed by atoms with E-state index in [4.69, 9.17) is 4.74 Å². The third kappa shape index (κ3) is 4.40. The number of pyridine rings is 1. The zero-order valence-corrected chi connectivity index (χ0v) is 14.1. The van der Waals surface area contributed by atoms with Crippen LogP contribution in [0.3, 0.4) is 0 Å². The average molecular weight is 364 g/mol. The summed E-state index contributed by atoms with van der Waals surface area (Å²) in [7, 11) is 0. The maximum absolute atomic E-state index is 13.2. The highest BCUT2D eigenvalue weighted by atomic mass is 19.4. The highest BCUT2D eigenvalue weighted by Crippen LogP contribution is 2.35. The Morgan fingerprint density at radius 1 is 1.27 bits per heavy atom. The van der Waals surface area contributed by atoms with E-state index in [1.165, 1.54) is 24.4 Å². The van der Waals surface area contributed by atoms with Crippen LogP contribution in [0.4, 0.5) is 13.2 Å². The molecule has 0 bridgehead atoms. The van der Waals surface area contributed by atoms with Gasteiger partial charge < -0.3 is 10.1 Å². The number of amides is 1. The molecule has 26 heavy (non-hydrogen) atoms. The van der Waals surface area contributed by atoms with Gasteiger partial charge in [-0.05, 0) is 43.0 Å². The van der Waals surface area contributed by atoms with Crippen molar-refractivity contribution in [2.24, 2.45) is 5.92 Å². The van der Waals surface area contributed by atoms with Gasteiger partial charge in [-0.15, -0.1) is 0 Å². The molecule has 1 saturated heterocycles. The Labute approximate surface area is 149 Å². The van der Waals surface area contributed by atoms with E-state index in [2.05, 4.69) is 10.3 Å². The average Bonchev–Trinajstić information content (AvgIpc) is 2.66. The second-order valence-corrected chi connectivity index (χ2v) is 6.27. The molecule has 1 atom stereocenters. The van der Waals surface area contributed by atoms with Gasteiger partial charge in [-0.25, -0.2) is 0 Å². The van der Waals surface area contributed by atoms with Crippen LogP contribution in [0.5, 0.6) is 0 Å². The SMILES string of the molecule is O=C(NCC1CCCOC1)c1cccc(-c2ncccc2C(F)(F)F)c1. The molecule has 1 fully saturated rings. The Hall–Kier alpha value is -2.41. The lowest BCUT2D eigenvalue weighted by atomic mass is 10.0. The van der Waals surface area contributed by atoms with Crippen LogP contribution >= 0.6 is 0 Å². The van der Waals surface area contributed by atoms with Crippen LogP contribution in [0.2, 0.25) is 0 Å². The van der Waals surface area contributed by atoms with Crippen molar-refractivity contribution in [2.75, 3.05) is 19.8 Å². The number of nitrogens with zero attached hydrogens (tertiary/aromatic N) is 1. The summed E-state index contributed by atoms with van der Waals surface area (Å²) in [6, 6.07) is 8.32. The van der Waals surface area contributed by atoms with Crippen molar-refractivity contribution < 1.29 is 22.7 Å². The van der Waals surface area contributed by atoms with E-state index in [-0.39, 0.29) is 23.1 Å². The van der Waals surface area contributed by atoms with Crippen molar-refractivity contribution in [3.63, 3.8) is 0 Å². The van der Waals surface area contributed by atoms with E-state index in [0.29, 0.717) is 18.7 Å². The second-order valence-electron chi connectivity index (χ2n) is 6.27. The minimum Gasteiger partial charge on any atom is -0.381 e. The highest BCUT2D eigenvalue weighted by Gasteiger charge is 2.34. The standard InChI is InChI=1S/C19H19F3N2O2/c20-19(21,22)16-7-2-8-23-17(16)14-5-1-6-15(10-14)18(25)24-11-13-4-3-9-26-12-13/h1-2,5-8,10,13H,3-4,9,11-12H2,(H,24,25). The van der Waals surface area contributed by atoms with E-state index in [9.17, 15) is 18.0 Å². The van der Waals surface area contributed by atoms with Crippen LogP contribution in [0, 0.1) is 5.92 Å². The normalized spacial score (nSPS) is 17.7. The number of hydrogen-bond donors (Lipinski definition) is 1. The molecule has 0 saturated carbocycles. The number of nitrogens with one attached hydrogen (secondary N) is 1. The molecule has 1 amide bonds. The first-order valence-corrected chi connectivity index (χ1v) is 8.44. The van der Waals surface area contributed by atoms with Gasteiger partial charge in [-0.2, -0.15) is 13.2 Å². The molecule has 1 unspecified atom stereocenters. The summed E-state index contributed by atoms with van der Waals surface area (Å²) in [4.78, 5) is 16.2. The first-order chi connectivity index (χ1) is 12.4. The summed E-state index contributed by atoms with van der Waals surface area (Å²) in [6.07, 6.45) is -1.25. The summed E-state index contributed by atoms with van der Waals surface area (Å²) in [5, 5.41) is 2.83. The third-order valence-electron chi connectivity index (χ3n) is 4.32. The Morgan fingerprint density at radius 2 is 2.12 bits per heavy atom. The van der Waals surface area contributed by atoms with Gasteiger partial charge in [0.05, 0.1) is 17.9 Å². The topological polar surface area (TPSA) is 51.2 Å². The van der Waals surface area contributed by atoms with Gasteiger partial charge >= 0.3 is 6.18 Å². The third-order valence-corrected chi connectivity index (χ3v) is 4.32. The van der Waals surface area contributed by atoms with Gasteiger partial charge in [0.1, 0.15) is 0 Å². The number of ether oxygens (including phenoxy) is 1. The first-order valence-electron chi connectivity index (χ1n) is 8.44. The van der Waals surface area contributed by atoms with Crippen molar-refractivity contribution in [2.45, 2.75) is 19.0 Å². The molecule has 2 aromatic rings. The molecule has 4 nitrogen and oxygen atoms in total. The zero-order valence-electron chi connectivity index (χ0n) is 14.1. The number of halogens is 3. The van der Waals surface area contributed by atoms with Gasteiger partial charge in [0, 0.05) is 30.5 Å². The Balaban J connectivity index is 1.77. The molecule has 138 valence electrons. The Morgan fingerprint density at radius 3 is 2.85 bits per heavy atom. The van der Waals surface area contributed by atoms with Crippen LogP contribution in [0.15, 0.2) is 42.6 Å². The van der Waals surface area contributed by atoms with E-state index < -0.39 is 11.7 Å². The number of rotatable bonds is 4. The summed E-state index contributed by atoms with van der Waals surface area (Å²) < 4.78 is 44.9. The predicted molar refractivity (Wildman–Crippen MR) is 90.6 cm³/mol. The van der Waals surface area contributed by atoms with Crippen molar-refractivity contribution in [1.82, 2.24) is 10.3 Å². The van der Waals surface area contributed by atoms with E-state index >= 15 is 0 Å². The molecule has 1 aliphatic heterocycles. The molecule has 1 aromatic heterocycles. The maximum atomic E-state index is 13.2. The minimum atomic E-state index is -4.51. The summed E-state index contributed by atoms with van der Waals surface area (Å²) in [5.74, 6) is -0.0505. The number of benzene rings is 1. The molecular formula is C19H19F3N2O2. The molecule has 3 rings (SSSR count). The van der Waals surface area contributed by atoms with Crippen molar-refractivity contribution in [1.29, 1.82) is 0 Å². The molecular weight excluding hydrogens is 345 g/mol. The lowest BCUT2D eigenvalue weighted by Gasteiger charge is -2.22. The summed E-state index contributed by atoms with van der Waals surface area (Å²) in [6.45, 7) is 1.85. The van der Waals surface area contributed by atoms with E-state index in [1.807, 2.05) is 0 Å². The molecule has 1 aromatic carbocycles. The van der Waals surface area contributed by atoms with Crippen molar-refractivity contribution in [3.8, 4) is 11.3 Å². The predicted octanol–water partition coefficient (Wildman–Crippen LogP) is 3.92. The molecule has 7 heteroatoms. The second kappa shape index (κ2) is 7.86. The monoisotopic (exact) mass is 364 g/mol. The van der Waals surface area contributed by atoms with Gasteiger partial charge in [-0.1, -0.05) is 12.1 Å². The summed E-state index contributed by atoms with van der Waals surface area (Å²) in [5.41, 5.74) is -0.447. The minimum absolute atomic E-state index is 0.185. The van der Waals surface area contributed by atoms with E-state index in [1.54, 1.807) is 12.1 Å². The lowest BCUT2D eigenvalue weighted by Crippen LogP contribution is -2.33. The zero-order chi connectivity index (χ0) is 18.6. The van der Waals surface area contributed by atoms with Gasteiger partial charge in [0.2, 0.25) is 0 Å². The highest BCUT2D eigenvalue weighted by molar-refractivity contribution is 5.95. The molecule has 0 aliphatic carbocycles. The fourth-order valence-electron chi connectivity index (χ4n) is 2.98. The number of hydrogen-bond acceptors (Lipinski definition) is 3. The van der Waals surface area contributed by atoms with Crippen LogP contribution in [-0.2, 0) is 10.9 Å². The van der Waals surface area contributed by atoms with Crippen molar-refractivity contribution in [3.05, 3.63) is 53.7 Å². The summed E-state index contributed by atoms with van der Waals surface area (Å²) >= 11 is 0. The van der Waals surface area contributed by atoms with Crippen LogP contribution in [0.1, 0.15) is 28.8 Å². The van der Waals surface area contributed by atoms with E-state index in [0.717, 1.165) is 25.5 Å². The van der Waals surface area contributed by atoms with Crippen LogP contribution < -0.4 is 5.32 Å². The first kappa shape index (κ1) is 18.4. The largest absolute Gasteiger partial charge is 0.418 e. The molecule has 0 spiro atoms. The number of carbonyl (C=O) groups excluding carboxylic acids is 1. The maximum Gasteiger partial charge on any atom is 0.418 e. The Bertz CT molecular complexity index is 771. The smallest absolute Gasteiger partial charge is 0.381 e. The van der Waals surface area contributed by atoms with Gasteiger partial charge in [0.15, 0.2) is 0 Å². The molecule has 0 radical (unpaired) electrons. The van der Waals surface area contributed by atoms with Gasteiger partial charge in [-0.3, -0.25) is 9.78 Å². The quantitative estimate of drug-likeness (QED) is 0.895. The van der Waals surface area contributed by atoms with Crippen LogP contribution in [-0.4, -0.2) is 30.6 Å². The number of aromatic nitrogens is 1. The molecule has 1 N–H and O–H groups in total. The number of carbonyl (C=O) groups is 1. The molecule has 1 aliphatic rings. The fraction of sp³-hybridized carbons (Fsp3) is 0.368. The molecule has 2 heterocycles. The lowest BCUT2D eigenvalue weighted by molar-refractivity contribution is -0.137. The van der Waals surface area contributed by atoms with Crippen molar-refractivity contribution >= 4 is 5.91 Å². The van der Waals surface area contributed by atoms with Crippen LogP contribution in [0.25, 0.3) is 11.3 Å². The fourth-order valence-corrected chi connectivity index (χ4v) is 2.98. The van der Waals surface area contributed by atoms with Gasteiger partial charge in [0.25, 0.3) is 5.91 Å².